The van der Waals surface area contributed by atoms with E-state index < -0.39 is 0 Å². The van der Waals surface area contributed by atoms with E-state index in [2.05, 4.69) is 0 Å². The van der Waals surface area contributed by atoms with Crippen LogP contribution in [-0.2, 0) is 7.05 Å². The third-order valence-corrected chi connectivity index (χ3v) is 3.92. The number of aromatic nitrogens is 1. The summed E-state index contributed by atoms with van der Waals surface area (Å²) in [5.74, 6) is 0.0340. The fraction of sp³-hybridized carbons (Fsp3) is 0.400. The van der Waals surface area contributed by atoms with E-state index in [1.807, 2.05) is 42.1 Å². The molecule has 2 heterocycles. The number of carbonyl (C=O) groups is 1. The first-order valence-corrected chi connectivity index (χ1v) is 6.60. The number of alkyl halides is 1. The largest absolute Gasteiger partial charge is 0.350 e. The molecule has 1 atom stereocenters. The molecule has 1 aliphatic heterocycles. The van der Waals surface area contributed by atoms with Gasteiger partial charge in [0.2, 0.25) is 0 Å². The highest BCUT2D eigenvalue weighted by molar-refractivity contribution is 6.07. The number of carbonyl (C=O) groups excluding carboxylic acids is 1. The van der Waals surface area contributed by atoms with Crippen LogP contribution in [0.25, 0.3) is 10.9 Å². The van der Waals surface area contributed by atoms with Gasteiger partial charge in [0.05, 0.1) is 12.2 Å². The smallest absolute Gasteiger partial charge is 0.256 e. The third-order valence-electron chi connectivity index (χ3n) is 3.92. The second-order valence-electron chi connectivity index (χ2n) is 5.23. The quantitative estimate of drug-likeness (QED) is 0.814. The highest BCUT2D eigenvalue weighted by Gasteiger charge is 2.28. The summed E-state index contributed by atoms with van der Waals surface area (Å²) in [7, 11) is 1.94. The topological polar surface area (TPSA) is 25.2 Å². The maximum atomic E-state index is 12.7. The summed E-state index contributed by atoms with van der Waals surface area (Å²) < 4.78 is 14.6. The summed E-state index contributed by atoms with van der Waals surface area (Å²) >= 11 is 0. The summed E-state index contributed by atoms with van der Waals surface area (Å²) in [5.41, 5.74) is 1.77. The Morgan fingerprint density at radius 1 is 1.42 bits per heavy atom. The van der Waals surface area contributed by atoms with Gasteiger partial charge in [-0.3, -0.25) is 9.18 Å². The molecular weight excluding hydrogens is 243 g/mol. The van der Waals surface area contributed by atoms with Crippen molar-refractivity contribution in [2.75, 3.05) is 19.8 Å². The number of fused-ring (bicyclic) bond motifs is 1. The number of para-hydroxylation sites is 1. The first-order valence-electron chi connectivity index (χ1n) is 6.60. The Hall–Kier alpha value is -1.84. The van der Waals surface area contributed by atoms with Crippen molar-refractivity contribution in [1.29, 1.82) is 0 Å². The van der Waals surface area contributed by atoms with E-state index in [1.54, 1.807) is 4.90 Å². The van der Waals surface area contributed by atoms with Crippen molar-refractivity contribution < 1.29 is 9.18 Å². The van der Waals surface area contributed by atoms with E-state index in [0.717, 1.165) is 22.9 Å². The Morgan fingerprint density at radius 3 is 2.95 bits per heavy atom. The number of halogens is 1. The lowest BCUT2D eigenvalue weighted by Crippen LogP contribution is -2.28. The number of likely N-dealkylation sites (tertiary alicyclic amines) is 1. The number of rotatable bonds is 2. The van der Waals surface area contributed by atoms with Gasteiger partial charge in [0.15, 0.2) is 0 Å². The van der Waals surface area contributed by atoms with Gasteiger partial charge in [0.1, 0.15) is 0 Å². The Kier molecular flexibility index (Phi) is 3.01. The van der Waals surface area contributed by atoms with Crippen LogP contribution in [0.3, 0.4) is 0 Å². The summed E-state index contributed by atoms with van der Waals surface area (Å²) in [5, 5.41) is 0.971. The normalized spacial score (nSPS) is 19.3. The van der Waals surface area contributed by atoms with Crippen LogP contribution in [0.2, 0.25) is 0 Å². The molecule has 1 aromatic carbocycles. The van der Waals surface area contributed by atoms with E-state index in [-0.39, 0.29) is 18.5 Å². The molecule has 0 aliphatic carbocycles. The molecule has 2 aromatic rings. The lowest BCUT2D eigenvalue weighted by Gasteiger charge is -2.15. The Labute approximate surface area is 111 Å². The fourth-order valence-corrected chi connectivity index (χ4v) is 2.83. The fourth-order valence-electron chi connectivity index (χ4n) is 2.83. The molecule has 1 aliphatic rings. The second kappa shape index (κ2) is 4.68. The Morgan fingerprint density at radius 2 is 2.21 bits per heavy atom. The molecular formula is C15H17FN2O. The van der Waals surface area contributed by atoms with Crippen LogP contribution in [0.1, 0.15) is 16.8 Å². The molecule has 4 heteroatoms. The zero-order valence-corrected chi connectivity index (χ0v) is 11.0. The van der Waals surface area contributed by atoms with Crippen LogP contribution < -0.4 is 0 Å². The van der Waals surface area contributed by atoms with Crippen molar-refractivity contribution in [3.05, 3.63) is 36.0 Å². The van der Waals surface area contributed by atoms with Gasteiger partial charge in [0, 0.05) is 43.2 Å². The average Bonchev–Trinajstić information content (AvgIpc) is 3.04. The van der Waals surface area contributed by atoms with Crippen molar-refractivity contribution in [2.45, 2.75) is 6.42 Å². The van der Waals surface area contributed by atoms with Crippen LogP contribution >= 0.6 is 0 Å². The van der Waals surface area contributed by atoms with Gasteiger partial charge < -0.3 is 9.47 Å². The predicted octanol–water partition coefficient (Wildman–Crippen LogP) is 2.61. The standard InChI is InChI=1S/C15H17FN2O/c1-17-10-13(12-4-2-3-5-14(12)17)15(19)18-7-6-11(8-16)9-18/h2-5,10-11H,6-9H2,1H3. The van der Waals surface area contributed by atoms with Crippen LogP contribution in [0.4, 0.5) is 4.39 Å². The minimum Gasteiger partial charge on any atom is -0.350 e. The minimum absolute atomic E-state index is 0.0129. The minimum atomic E-state index is -0.334. The number of hydrogen-bond acceptors (Lipinski definition) is 1. The third kappa shape index (κ3) is 2.01. The van der Waals surface area contributed by atoms with Gasteiger partial charge in [-0.25, -0.2) is 0 Å². The summed E-state index contributed by atoms with van der Waals surface area (Å²) in [4.78, 5) is 14.3. The van der Waals surface area contributed by atoms with Crippen molar-refractivity contribution in [3.63, 3.8) is 0 Å². The van der Waals surface area contributed by atoms with E-state index in [9.17, 15) is 9.18 Å². The maximum Gasteiger partial charge on any atom is 0.256 e. The van der Waals surface area contributed by atoms with Gasteiger partial charge in [-0.05, 0) is 12.5 Å². The van der Waals surface area contributed by atoms with Gasteiger partial charge in [0.25, 0.3) is 5.91 Å². The van der Waals surface area contributed by atoms with Gasteiger partial charge in [-0.1, -0.05) is 18.2 Å². The monoisotopic (exact) mass is 260 g/mol. The zero-order valence-electron chi connectivity index (χ0n) is 11.0. The molecule has 0 N–H and O–H groups in total. The molecule has 0 saturated carbocycles. The summed E-state index contributed by atoms with van der Waals surface area (Å²) in [6.07, 6.45) is 2.64. The molecule has 0 spiro atoms. The van der Waals surface area contributed by atoms with Crippen LogP contribution in [0, 0.1) is 5.92 Å². The first-order chi connectivity index (χ1) is 9.20. The molecule has 19 heavy (non-hydrogen) atoms. The first kappa shape index (κ1) is 12.2. The highest BCUT2D eigenvalue weighted by Crippen LogP contribution is 2.24. The van der Waals surface area contributed by atoms with Crippen molar-refractivity contribution in [1.82, 2.24) is 9.47 Å². The number of hydrogen-bond donors (Lipinski definition) is 0. The molecule has 1 saturated heterocycles. The summed E-state index contributed by atoms with van der Waals surface area (Å²) in [6, 6.07) is 7.87. The van der Waals surface area contributed by atoms with Crippen molar-refractivity contribution >= 4 is 16.8 Å². The van der Waals surface area contributed by atoms with E-state index >= 15 is 0 Å². The molecule has 1 aromatic heterocycles. The molecule has 100 valence electrons. The van der Waals surface area contributed by atoms with Crippen LogP contribution in [-0.4, -0.2) is 35.1 Å². The lowest BCUT2D eigenvalue weighted by atomic mass is 10.1. The molecule has 1 fully saturated rings. The van der Waals surface area contributed by atoms with Gasteiger partial charge >= 0.3 is 0 Å². The SMILES string of the molecule is Cn1cc(C(=O)N2CCC(CF)C2)c2ccccc21. The van der Waals surface area contributed by atoms with Crippen molar-refractivity contribution in [3.8, 4) is 0 Å². The van der Waals surface area contributed by atoms with E-state index in [0.29, 0.717) is 13.1 Å². The second-order valence-corrected chi connectivity index (χ2v) is 5.23. The number of benzene rings is 1. The van der Waals surface area contributed by atoms with E-state index in [4.69, 9.17) is 0 Å². The molecule has 0 radical (unpaired) electrons. The van der Waals surface area contributed by atoms with Crippen molar-refractivity contribution in [2.24, 2.45) is 13.0 Å². The lowest BCUT2D eigenvalue weighted by molar-refractivity contribution is 0.0787. The number of amides is 1. The molecule has 1 amide bonds. The zero-order chi connectivity index (χ0) is 13.4. The summed E-state index contributed by atoms with van der Waals surface area (Å²) in [6.45, 7) is 0.870. The average molecular weight is 260 g/mol. The Bertz CT molecular complexity index is 620. The predicted molar refractivity (Wildman–Crippen MR) is 72.9 cm³/mol. The molecule has 3 rings (SSSR count). The highest BCUT2D eigenvalue weighted by atomic mass is 19.1. The molecule has 1 unspecified atom stereocenters. The Balaban J connectivity index is 1.94. The molecule has 3 nitrogen and oxygen atoms in total. The molecule has 0 bridgehead atoms. The van der Waals surface area contributed by atoms with Gasteiger partial charge in [-0.2, -0.15) is 0 Å². The van der Waals surface area contributed by atoms with E-state index in [1.165, 1.54) is 0 Å². The number of nitrogens with zero attached hydrogens (tertiary/aromatic N) is 2. The maximum absolute atomic E-state index is 12.7. The van der Waals surface area contributed by atoms with Crippen LogP contribution in [0.5, 0.6) is 0 Å². The van der Waals surface area contributed by atoms with Crippen LogP contribution in [0.15, 0.2) is 30.5 Å². The number of aryl methyl sites for hydroxylation is 1. The van der Waals surface area contributed by atoms with Gasteiger partial charge in [-0.15, -0.1) is 0 Å².